The van der Waals surface area contributed by atoms with Crippen LogP contribution in [-0.2, 0) is 4.79 Å². The van der Waals surface area contributed by atoms with Gasteiger partial charge < -0.3 is 20.6 Å². The summed E-state index contributed by atoms with van der Waals surface area (Å²) in [6.07, 6.45) is 0. The lowest BCUT2D eigenvalue weighted by atomic mass is 10.1. The molecule has 0 fully saturated rings. The van der Waals surface area contributed by atoms with Gasteiger partial charge in [0, 0.05) is 19.1 Å². The van der Waals surface area contributed by atoms with Gasteiger partial charge in [0.05, 0.1) is 12.1 Å². The number of carbonyl (C=O) groups excluding carboxylic acids is 1. The molecule has 0 aliphatic heterocycles. The molecule has 5 nitrogen and oxygen atoms in total. The first-order valence-corrected chi connectivity index (χ1v) is 5.60. The molecular formula is C11H25N3O2. The van der Waals surface area contributed by atoms with Gasteiger partial charge in [0.2, 0.25) is 5.91 Å². The van der Waals surface area contributed by atoms with Gasteiger partial charge in [-0.1, -0.05) is 13.8 Å². The summed E-state index contributed by atoms with van der Waals surface area (Å²) < 4.78 is 0. The molecule has 0 rings (SSSR count). The zero-order chi connectivity index (χ0) is 12.8. The summed E-state index contributed by atoms with van der Waals surface area (Å²) in [6.45, 7) is 6.75. The van der Waals surface area contributed by atoms with Crippen molar-refractivity contribution in [2.75, 3.05) is 33.7 Å². The van der Waals surface area contributed by atoms with Crippen molar-refractivity contribution in [2.24, 2.45) is 0 Å². The average molecular weight is 231 g/mol. The van der Waals surface area contributed by atoms with E-state index in [9.17, 15) is 9.90 Å². The van der Waals surface area contributed by atoms with Crippen molar-refractivity contribution < 1.29 is 9.90 Å². The van der Waals surface area contributed by atoms with E-state index in [2.05, 4.69) is 10.6 Å². The topological polar surface area (TPSA) is 64.6 Å². The van der Waals surface area contributed by atoms with E-state index in [4.69, 9.17) is 0 Å². The van der Waals surface area contributed by atoms with Crippen molar-refractivity contribution in [1.82, 2.24) is 15.5 Å². The second-order valence-electron chi connectivity index (χ2n) is 5.05. The first-order chi connectivity index (χ1) is 7.23. The Morgan fingerprint density at radius 2 is 2.00 bits per heavy atom. The average Bonchev–Trinajstić information content (AvgIpc) is 2.09. The van der Waals surface area contributed by atoms with Crippen molar-refractivity contribution in [3.8, 4) is 0 Å². The summed E-state index contributed by atoms with van der Waals surface area (Å²) in [5.74, 6) is -0.0901. The number of hydrogen-bond donors (Lipinski definition) is 3. The van der Waals surface area contributed by atoms with E-state index >= 15 is 0 Å². The number of hydrogen-bond acceptors (Lipinski definition) is 4. The summed E-state index contributed by atoms with van der Waals surface area (Å²) in [5, 5.41) is 15.7. The number of nitrogens with one attached hydrogen (secondary N) is 2. The molecule has 0 bridgehead atoms. The minimum atomic E-state index is -0.892. The van der Waals surface area contributed by atoms with Gasteiger partial charge in [0.1, 0.15) is 0 Å². The lowest BCUT2D eigenvalue weighted by molar-refractivity contribution is -0.121. The molecule has 1 unspecified atom stereocenters. The van der Waals surface area contributed by atoms with Crippen molar-refractivity contribution in [3.63, 3.8) is 0 Å². The molecule has 0 aliphatic carbocycles. The van der Waals surface area contributed by atoms with E-state index in [1.807, 2.05) is 32.8 Å². The van der Waals surface area contributed by atoms with Gasteiger partial charge in [-0.3, -0.25) is 4.79 Å². The van der Waals surface area contributed by atoms with Gasteiger partial charge in [-0.15, -0.1) is 0 Å². The largest absolute Gasteiger partial charge is 0.387 e. The molecule has 96 valence electrons. The Kier molecular flexibility index (Phi) is 6.55. The van der Waals surface area contributed by atoms with Crippen molar-refractivity contribution in [3.05, 3.63) is 0 Å². The molecule has 0 aromatic carbocycles. The Hall–Kier alpha value is -0.650. The third-order valence-corrected chi connectivity index (χ3v) is 1.99. The summed E-state index contributed by atoms with van der Waals surface area (Å²) in [4.78, 5) is 13.3. The lowest BCUT2D eigenvalue weighted by Gasteiger charge is -2.27. The predicted molar refractivity (Wildman–Crippen MR) is 65.3 cm³/mol. The second-order valence-corrected chi connectivity index (χ2v) is 5.05. The molecule has 0 radical (unpaired) electrons. The lowest BCUT2D eigenvalue weighted by Crippen LogP contribution is -2.49. The quantitative estimate of drug-likeness (QED) is 0.548. The maximum absolute atomic E-state index is 11.4. The van der Waals surface area contributed by atoms with Crippen LogP contribution in [0, 0.1) is 0 Å². The number of aliphatic hydroxyl groups is 1. The van der Waals surface area contributed by atoms with E-state index in [1.54, 1.807) is 6.92 Å². The summed E-state index contributed by atoms with van der Waals surface area (Å²) in [6, 6.07) is 0.285. The monoisotopic (exact) mass is 231 g/mol. The maximum Gasteiger partial charge on any atom is 0.234 e. The zero-order valence-corrected chi connectivity index (χ0v) is 11.0. The minimum Gasteiger partial charge on any atom is -0.387 e. The van der Waals surface area contributed by atoms with Gasteiger partial charge in [-0.2, -0.15) is 0 Å². The Labute approximate surface area is 98.2 Å². The highest BCUT2D eigenvalue weighted by molar-refractivity contribution is 5.78. The molecule has 5 heteroatoms. The summed E-state index contributed by atoms with van der Waals surface area (Å²) in [7, 11) is 3.77. The maximum atomic E-state index is 11.4. The number of carbonyl (C=O) groups is 1. The smallest absolute Gasteiger partial charge is 0.234 e. The number of rotatable bonds is 7. The van der Waals surface area contributed by atoms with Crippen LogP contribution in [0.4, 0.5) is 0 Å². The Morgan fingerprint density at radius 1 is 1.44 bits per heavy atom. The highest BCUT2D eigenvalue weighted by Crippen LogP contribution is 2.02. The van der Waals surface area contributed by atoms with Crippen LogP contribution in [0.1, 0.15) is 20.8 Å². The Morgan fingerprint density at radius 3 is 2.44 bits per heavy atom. The predicted octanol–water partition coefficient (Wildman–Crippen LogP) is -0.587. The SMILES string of the molecule is CC(C)NCC(=O)NCC(C)(O)CN(C)C. The normalized spacial score (nSPS) is 15.2. The fourth-order valence-electron chi connectivity index (χ4n) is 1.39. The molecule has 16 heavy (non-hydrogen) atoms. The van der Waals surface area contributed by atoms with Crippen LogP contribution in [0.25, 0.3) is 0 Å². The zero-order valence-electron chi connectivity index (χ0n) is 11.0. The first-order valence-electron chi connectivity index (χ1n) is 5.60. The third-order valence-electron chi connectivity index (χ3n) is 1.99. The van der Waals surface area contributed by atoms with Gasteiger partial charge >= 0.3 is 0 Å². The van der Waals surface area contributed by atoms with Crippen LogP contribution in [0.5, 0.6) is 0 Å². The molecule has 0 aromatic rings. The Balaban J connectivity index is 3.81. The third kappa shape index (κ3) is 8.64. The number of likely N-dealkylation sites (N-methyl/N-ethyl adjacent to an activating group) is 1. The van der Waals surface area contributed by atoms with E-state index in [-0.39, 0.29) is 25.0 Å². The van der Waals surface area contributed by atoms with Crippen LogP contribution in [0.2, 0.25) is 0 Å². The van der Waals surface area contributed by atoms with Crippen LogP contribution < -0.4 is 10.6 Å². The summed E-state index contributed by atoms with van der Waals surface area (Å²) >= 11 is 0. The highest BCUT2D eigenvalue weighted by atomic mass is 16.3. The minimum absolute atomic E-state index is 0.0901. The Bertz CT molecular complexity index is 215. The molecule has 0 heterocycles. The molecule has 1 atom stereocenters. The fourth-order valence-corrected chi connectivity index (χ4v) is 1.39. The standard InChI is InChI=1S/C11H25N3O2/c1-9(2)12-6-10(15)13-7-11(3,16)8-14(4)5/h9,12,16H,6-8H2,1-5H3,(H,13,15). The highest BCUT2D eigenvalue weighted by Gasteiger charge is 2.21. The second kappa shape index (κ2) is 6.83. The molecular weight excluding hydrogens is 206 g/mol. The van der Waals surface area contributed by atoms with Crippen LogP contribution in [-0.4, -0.2) is 61.3 Å². The van der Waals surface area contributed by atoms with Crippen LogP contribution in [0.3, 0.4) is 0 Å². The van der Waals surface area contributed by atoms with Crippen LogP contribution >= 0.6 is 0 Å². The van der Waals surface area contributed by atoms with Gasteiger partial charge in [-0.05, 0) is 21.0 Å². The molecule has 1 amide bonds. The van der Waals surface area contributed by atoms with Gasteiger partial charge in [0.25, 0.3) is 0 Å². The number of amides is 1. The van der Waals surface area contributed by atoms with Crippen molar-refractivity contribution in [2.45, 2.75) is 32.4 Å². The van der Waals surface area contributed by atoms with E-state index in [1.165, 1.54) is 0 Å². The molecule has 0 aliphatic rings. The molecule has 3 N–H and O–H groups in total. The van der Waals surface area contributed by atoms with E-state index in [0.29, 0.717) is 6.54 Å². The molecule has 0 saturated heterocycles. The molecule has 0 saturated carbocycles. The summed E-state index contributed by atoms with van der Waals surface area (Å²) in [5.41, 5.74) is -0.892. The van der Waals surface area contributed by atoms with E-state index in [0.717, 1.165) is 0 Å². The fraction of sp³-hybridized carbons (Fsp3) is 0.909. The first kappa shape index (κ1) is 15.3. The molecule has 0 aromatic heterocycles. The van der Waals surface area contributed by atoms with Crippen molar-refractivity contribution >= 4 is 5.91 Å². The van der Waals surface area contributed by atoms with Crippen molar-refractivity contribution in [1.29, 1.82) is 0 Å². The number of nitrogens with zero attached hydrogens (tertiary/aromatic N) is 1. The van der Waals surface area contributed by atoms with E-state index < -0.39 is 5.60 Å². The van der Waals surface area contributed by atoms with Crippen LogP contribution in [0.15, 0.2) is 0 Å². The molecule has 0 spiro atoms. The van der Waals surface area contributed by atoms with Gasteiger partial charge in [0.15, 0.2) is 0 Å². The van der Waals surface area contributed by atoms with Gasteiger partial charge in [-0.25, -0.2) is 0 Å².